The van der Waals surface area contributed by atoms with Crippen LogP contribution in [0.4, 0.5) is 4.39 Å². The number of nitrogens with zero attached hydrogens (tertiary/aromatic N) is 1. The Labute approximate surface area is 217 Å². The zero-order valence-corrected chi connectivity index (χ0v) is 22.2. The van der Waals surface area contributed by atoms with Gasteiger partial charge in [-0.25, -0.2) is 4.39 Å². The number of ether oxygens (including phenoxy) is 1. The molecule has 0 aliphatic heterocycles. The van der Waals surface area contributed by atoms with Crippen molar-refractivity contribution in [2.75, 3.05) is 7.11 Å². The van der Waals surface area contributed by atoms with Crippen molar-refractivity contribution < 1.29 is 28.1 Å². The first-order valence-electron chi connectivity index (χ1n) is 11.9. The van der Waals surface area contributed by atoms with Crippen molar-refractivity contribution in [2.24, 2.45) is 0 Å². The van der Waals surface area contributed by atoms with Gasteiger partial charge in [-0.15, -0.1) is 4.52 Å². The zero-order chi connectivity index (χ0) is 27.1. The van der Waals surface area contributed by atoms with Crippen molar-refractivity contribution in [3.8, 4) is 34.9 Å². The molecule has 0 amide bonds. The van der Waals surface area contributed by atoms with Crippen molar-refractivity contribution in [1.82, 2.24) is 4.98 Å². The fourth-order valence-corrected chi connectivity index (χ4v) is 5.55. The molecule has 0 bridgehead atoms. The van der Waals surface area contributed by atoms with E-state index in [0.717, 1.165) is 16.8 Å². The highest BCUT2D eigenvalue weighted by molar-refractivity contribution is 7.39. The van der Waals surface area contributed by atoms with E-state index < -0.39 is 38.0 Å². The lowest BCUT2D eigenvalue weighted by molar-refractivity contribution is -0.139. The molecule has 3 aromatic rings. The third-order valence-corrected chi connectivity index (χ3v) is 7.48. The summed E-state index contributed by atoms with van der Waals surface area (Å²) in [7, 11) is -1.23. The lowest BCUT2D eigenvalue weighted by Gasteiger charge is -2.25. The maximum absolute atomic E-state index is 13.9. The first-order valence-corrected chi connectivity index (χ1v) is 13.2. The SMILES string of the molecule is C#COC(=O)CC(O)C(c1c(C(C)C)nc(-c2ccccc2)c(CC)c1-c1ccc(F)cc1)[P+](=O)OC. The van der Waals surface area contributed by atoms with E-state index in [0.29, 0.717) is 28.8 Å². The van der Waals surface area contributed by atoms with Gasteiger partial charge in [0.1, 0.15) is 18.0 Å². The molecule has 6 nitrogen and oxygen atoms in total. The molecule has 1 N–H and O–H groups in total. The third-order valence-electron chi connectivity index (χ3n) is 6.06. The Morgan fingerprint density at radius 1 is 1.14 bits per heavy atom. The van der Waals surface area contributed by atoms with Crippen LogP contribution in [0.1, 0.15) is 55.6 Å². The zero-order valence-electron chi connectivity index (χ0n) is 21.3. The summed E-state index contributed by atoms with van der Waals surface area (Å²) in [5, 5.41) is 11.2. The quantitative estimate of drug-likeness (QED) is 0.185. The number of terminal acetylenes is 1. The predicted molar refractivity (Wildman–Crippen MR) is 141 cm³/mol. The molecule has 0 spiro atoms. The number of hydrogen-bond donors (Lipinski definition) is 1. The Morgan fingerprint density at radius 2 is 1.78 bits per heavy atom. The van der Waals surface area contributed by atoms with Crippen molar-refractivity contribution in [3.05, 3.63) is 77.2 Å². The highest BCUT2D eigenvalue weighted by Gasteiger charge is 2.46. The minimum Gasteiger partial charge on any atom is -0.387 e. The summed E-state index contributed by atoms with van der Waals surface area (Å²) in [4.78, 5) is 17.2. The van der Waals surface area contributed by atoms with E-state index in [-0.39, 0.29) is 5.92 Å². The average Bonchev–Trinajstić information content (AvgIpc) is 2.89. The number of benzene rings is 2. The summed E-state index contributed by atoms with van der Waals surface area (Å²) in [5.74, 6) is -1.39. The van der Waals surface area contributed by atoms with Gasteiger partial charge < -0.3 is 9.84 Å². The summed E-state index contributed by atoms with van der Waals surface area (Å²) in [6, 6.07) is 15.6. The molecule has 8 heteroatoms. The average molecular weight is 523 g/mol. The van der Waals surface area contributed by atoms with Crippen LogP contribution in [0.15, 0.2) is 54.6 Å². The van der Waals surface area contributed by atoms with Crippen LogP contribution >= 0.6 is 8.03 Å². The van der Waals surface area contributed by atoms with Crippen LogP contribution in [0.2, 0.25) is 0 Å². The molecular weight excluding hydrogens is 492 g/mol. The molecular formula is C29H30FNO5P+. The molecule has 0 saturated heterocycles. The number of esters is 1. The maximum Gasteiger partial charge on any atom is 0.518 e. The minimum absolute atomic E-state index is 0.157. The van der Waals surface area contributed by atoms with Crippen LogP contribution in [0, 0.1) is 18.3 Å². The number of aromatic nitrogens is 1. The van der Waals surface area contributed by atoms with Crippen LogP contribution < -0.4 is 0 Å². The Hall–Kier alpha value is -3.43. The molecule has 0 aliphatic rings. The Bertz CT molecular complexity index is 1300. The van der Waals surface area contributed by atoms with E-state index in [4.69, 9.17) is 15.9 Å². The monoisotopic (exact) mass is 522 g/mol. The number of carbonyl (C=O) groups excluding carboxylic acids is 1. The van der Waals surface area contributed by atoms with Gasteiger partial charge in [-0.1, -0.05) is 69.7 Å². The Kier molecular flexibility index (Phi) is 9.66. The molecule has 0 radical (unpaired) electrons. The lowest BCUT2D eigenvalue weighted by atomic mass is 9.84. The molecule has 3 atom stereocenters. The van der Waals surface area contributed by atoms with Gasteiger partial charge in [-0.05, 0) is 45.7 Å². The van der Waals surface area contributed by atoms with E-state index in [1.54, 1.807) is 18.2 Å². The van der Waals surface area contributed by atoms with E-state index in [2.05, 4.69) is 4.74 Å². The molecule has 3 unspecified atom stereocenters. The summed E-state index contributed by atoms with van der Waals surface area (Å²) >= 11 is 0. The van der Waals surface area contributed by atoms with Crippen LogP contribution in [0.3, 0.4) is 0 Å². The maximum atomic E-state index is 13.9. The highest BCUT2D eigenvalue weighted by atomic mass is 31.1. The summed E-state index contributed by atoms with van der Waals surface area (Å²) in [6.07, 6.45) is 5.46. The van der Waals surface area contributed by atoms with Gasteiger partial charge in [0.05, 0.1) is 24.9 Å². The van der Waals surface area contributed by atoms with Crippen molar-refractivity contribution >= 4 is 14.0 Å². The molecule has 1 heterocycles. The molecule has 192 valence electrons. The second-order valence-electron chi connectivity index (χ2n) is 8.77. The van der Waals surface area contributed by atoms with E-state index in [9.17, 15) is 18.9 Å². The molecule has 37 heavy (non-hydrogen) atoms. The van der Waals surface area contributed by atoms with Gasteiger partial charge in [0.25, 0.3) is 0 Å². The number of pyridine rings is 1. The number of aliphatic hydroxyl groups excluding tert-OH is 1. The van der Waals surface area contributed by atoms with Crippen LogP contribution in [-0.2, 0) is 25.0 Å². The van der Waals surface area contributed by atoms with Crippen LogP contribution in [-0.4, -0.2) is 29.3 Å². The predicted octanol–water partition coefficient (Wildman–Crippen LogP) is 6.56. The standard InChI is InChI=1S/C29H30FNO5P/c1-6-22-25(19-13-15-21(30)16-14-19)26(29(37(34)35-5)23(32)17-24(33)36-7-2)27(18(3)4)31-28(22)20-11-9-8-10-12-20/h2,8-16,18,23,29,32H,6,17H2,1,3-5H3/q+1. The fraction of sp³-hybridized carbons (Fsp3) is 0.310. The van der Waals surface area contributed by atoms with Crippen molar-refractivity contribution in [1.29, 1.82) is 0 Å². The lowest BCUT2D eigenvalue weighted by Crippen LogP contribution is -2.24. The molecule has 3 rings (SSSR count). The topological polar surface area (TPSA) is 85.7 Å². The third kappa shape index (κ3) is 6.29. The van der Waals surface area contributed by atoms with Gasteiger partial charge in [0.15, 0.2) is 0 Å². The normalized spacial score (nSPS) is 13.1. The number of aliphatic hydroxyl groups is 1. The number of halogens is 1. The van der Waals surface area contributed by atoms with Crippen molar-refractivity contribution in [3.63, 3.8) is 0 Å². The summed E-state index contributed by atoms with van der Waals surface area (Å²) in [5.41, 5.74) is 3.75. The minimum atomic E-state index is -2.51. The first-order chi connectivity index (χ1) is 17.7. The molecule has 1 aromatic heterocycles. The smallest absolute Gasteiger partial charge is 0.387 e. The van der Waals surface area contributed by atoms with Crippen LogP contribution in [0.25, 0.3) is 22.4 Å². The fourth-order valence-electron chi connectivity index (χ4n) is 4.46. The number of rotatable bonds is 10. The highest BCUT2D eigenvalue weighted by Crippen LogP contribution is 2.52. The Morgan fingerprint density at radius 3 is 2.32 bits per heavy atom. The van der Waals surface area contributed by atoms with Gasteiger partial charge in [0.2, 0.25) is 5.66 Å². The largest absolute Gasteiger partial charge is 0.518 e. The second kappa shape index (κ2) is 12.7. The summed E-state index contributed by atoms with van der Waals surface area (Å²) in [6.45, 7) is 5.86. The van der Waals surface area contributed by atoms with Crippen LogP contribution in [0.5, 0.6) is 0 Å². The molecule has 2 aromatic carbocycles. The molecule has 0 aliphatic carbocycles. The van der Waals surface area contributed by atoms with Crippen molar-refractivity contribution in [2.45, 2.75) is 51.3 Å². The van der Waals surface area contributed by atoms with Gasteiger partial charge in [-0.3, -0.25) is 9.78 Å². The number of hydrogen-bond acceptors (Lipinski definition) is 6. The van der Waals surface area contributed by atoms with Gasteiger partial charge in [0, 0.05) is 11.1 Å². The van der Waals surface area contributed by atoms with E-state index in [1.807, 2.05) is 51.1 Å². The van der Waals surface area contributed by atoms with E-state index >= 15 is 0 Å². The summed E-state index contributed by atoms with van der Waals surface area (Å²) < 4.78 is 37.1. The second-order valence-corrected chi connectivity index (χ2v) is 10.3. The number of carbonyl (C=O) groups is 1. The molecule has 0 saturated carbocycles. The first kappa shape index (κ1) is 28.1. The molecule has 0 fully saturated rings. The van der Waals surface area contributed by atoms with E-state index in [1.165, 1.54) is 19.2 Å². The van der Waals surface area contributed by atoms with Gasteiger partial charge in [-0.2, -0.15) is 0 Å². The Balaban J connectivity index is 2.45. The van der Waals surface area contributed by atoms with Gasteiger partial charge >= 0.3 is 14.0 Å².